The summed E-state index contributed by atoms with van der Waals surface area (Å²) in [4.78, 5) is 29.3. The predicted octanol–water partition coefficient (Wildman–Crippen LogP) is 2.04. The van der Waals surface area contributed by atoms with Crippen molar-refractivity contribution in [1.82, 2.24) is 24.0 Å². The highest BCUT2D eigenvalue weighted by Gasteiger charge is 2.33. The Bertz CT molecular complexity index is 1630. The number of rotatable bonds is 7. The van der Waals surface area contributed by atoms with E-state index >= 15 is 0 Å². The van der Waals surface area contributed by atoms with Crippen molar-refractivity contribution in [3.63, 3.8) is 0 Å². The molecule has 0 aliphatic carbocycles. The summed E-state index contributed by atoms with van der Waals surface area (Å²) in [6.45, 7) is 1.24. The van der Waals surface area contributed by atoms with Gasteiger partial charge in [0.2, 0.25) is 5.91 Å². The molecular formula is C25H25ClN6O4S. The second-order valence-corrected chi connectivity index (χ2v) is 11.1. The number of carbonyl (C=O) groups excluding carboxylic acids is 1. The van der Waals surface area contributed by atoms with Crippen molar-refractivity contribution in [2.24, 2.45) is 5.73 Å². The van der Waals surface area contributed by atoms with E-state index in [1.54, 1.807) is 29.2 Å². The summed E-state index contributed by atoms with van der Waals surface area (Å²) in [5, 5.41) is 5.59. The van der Waals surface area contributed by atoms with Gasteiger partial charge < -0.3 is 15.6 Å². The van der Waals surface area contributed by atoms with E-state index in [2.05, 4.69) is 10.1 Å². The Kier molecular flexibility index (Phi) is 6.86. The average Bonchev–Trinajstić information content (AvgIpc) is 3.31. The molecule has 3 heterocycles. The zero-order chi connectivity index (χ0) is 26.2. The average molecular weight is 541 g/mol. The third-order valence-corrected chi connectivity index (χ3v) is 8.29. The summed E-state index contributed by atoms with van der Waals surface area (Å²) >= 11 is 6.01. The molecule has 0 atom stereocenters. The molecule has 1 saturated heterocycles. The van der Waals surface area contributed by atoms with Crippen molar-refractivity contribution in [2.45, 2.75) is 18.1 Å². The van der Waals surface area contributed by atoms with Crippen LogP contribution in [0.1, 0.15) is 5.56 Å². The number of fused-ring (bicyclic) bond motifs is 1. The Hall–Kier alpha value is -3.51. The van der Waals surface area contributed by atoms with Crippen LogP contribution >= 0.6 is 11.6 Å². The normalized spacial score (nSPS) is 15.0. The van der Waals surface area contributed by atoms with E-state index in [-0.39, 0.29) is 36.1 Å². The van der Waals surface area contributed by atoms with Crippen molar-refractivity contribution in [3.8, 4) is 11.3 Å². The molecule has 1 amide bonds. The van der Waals surface area contributed by atoms with Crippen molar-refractivity contribution < 1.29 is 13.2 Å². The van der Waals surface area contributed by atoms with Gasteiger partial charge in [0.15, 0.2) is 0 Å². The van der Waals surface area contributed by atoms with E-state index in [4.69, 9.17) is 17.3 Å². The quantitative estimate of drug-likeness (QED) is 0.368. The first-order valence-corrected chi connectivity index (χ1v) is 13.5. The Morgan fingerprint density at radius 3 is 2.51 bits per heavy atom. The number of aromatic amines is 1. The summed E-state index contributed by atoms with van der Waals surface area (Å²) in [5.41, 5.74) is 8.37. The molecule has 5 rings (SSSR count). The monoisotopic (exact) mass is 540 g/mol. The number of nitrogens with two attached hydrogens (primary N) is 1. The third kappa shape index (κ3) is 5.16. The van der Waals surface area contributed by atoms with E-state index in [0.29, 0.717) is 41.3 Å². The van der Waals surface area contributed by atoms with Gasteiger partial charge in [0, 0.05) is 53.7 Å². The van der Waals surface area contributed by atoms with Gasteiger partial charge in [-0.25, -0.2) is 13.1 Å². The van der Waals surface area contributed by atoms with Gasteiger partial charge >= 0.3 is 0 Å². The van der Waals surface area contributed by atoms with Crippen LogP contribution in [0.4, 0.5) is 0 Å². The van der Waals surface area contributed by atoms with Crippen LogP contribution in [0.2, 0.25) is 5.02 Å². The molecule has 0 saturated carbocycles. The molecule has 4 aromatic rings. The second kappa shape index (κ2) is 10.1. The molecule has 37 heavy (non-hydrogen) atoms. The summed E-state index contributed by atoms with van der Waals surface area (Å²) in [7, 11) is -3.86. The van der Waals surface area contributed by atoms with Gasteiger partial charge in [-0.1, -0.05) is 35.9 Å². The van der Waals surface area contributed by atoms with Crippen LogP contribution in [0.25, 0.3) is 22.2 Å². The zero-order valence-corrected chi connectivity index (χ0v) is 21.4. The number of amides is 1. The van der Waals surface area contributed by atoms with Crippen LogP contribution in [0.5, 0.6) is 0 Å². The fourth-order valence-electron chi connectivity index (χ4n) is 4.30. The van der Waals surface area contributed by atoms with Gasteiger partial charge in [-0.15, -0.1) is 0 Å². The summed E-state index contributed by atoms with van der Waals surface area (Å²) < 4.78 is 28.9. The standard InChI is InChI=1S/C25H25ClN6O4S/c26-20-5-6-21-19(13-20)14-23(28-21)37(35,36)31-12-11-30(25(34)16-31)15-17-1-3-18(4-2-17)22-7-8-24(33)32(29-22)10-9-27/h1-8,13-14,28H,9-12,15-16,27H2. The Balaban J connectivity index is 1.25. The summed E-state index contributed by atoms with van der Waals surface area (Å²) in [5.74, 6) is -0.270. The second-order valence-electron chi connectivity index (χ2n) is 8.78. The van der Waals surface area contributed by atoms with E-state index in [1.807, 2.05) is 24.3 Å². The number of hydrogen-bond acceptors (Lipinski definition) is 6. The van der Waals surface area contributed by atoms with Crippen LogP contribution in [0.15, 0.2) is 70.5 Å². The largest absolute Gasteiger partial charge is 0.345 e. The van der Waals surface area contributed by atoms with Gasteiger partial charge in [0.05, 0.1) is 18.8 Å². The van der Waals surface area contributed by atoms with Crippen LogP contribution in [0, 0.1) is 0 Å². The highest BCUT2D eigenvalue weighted by atomic mass is 35.5. The molecule has 3 N–H and O–H groups in total. The van der Waals surface area contributed by atoms with Gasteiger partial charge in [-0.2, -0.15) is 9.40 Å². The van der Waals surface area contributed by atoms with E-state index < -0.39 is 10.0 Å². The first-order chi connectivity index (χ1) is 17.7. The molecule has 0 spiro atoms. The lowest BCUT2D eigenvalue weighted by atomic mass is 10.1. The maximum absolute atomic E-state index is 13.2. The fourth-order valence-corrected chi connectivity index (χ4v) is 5.88. The molecule has 1 aliphatic heterocycles. The minimum atomic E-state index is -3.86. The number of sulfonamides is 1. The molecule has 0 unspecified atom stereocenters. The maximum Gasteiger partial charge on any atom is 0.266 e. The molecule has 1 fully saturated rings. The summed E-state index contributed by atoms with van der Waals surface area (Å²) in [6.07, 6.45) is 0. The van der Waals surface area contributed by atoms with E-state index in [0.717, 1.165) is 11.1 Å². The molecule has 1 aliphatic rings. The lowest BCUT2D eigenvalue weighted by molar-refractivity contribution is -0.134. The third-order valence-electron chi connectivity index (χ3n) is 6.29. The molecule has 10 nitrogen and oxygen atoms in total. The van der Waals surface area contributed by atoms with Crippen LogP contribution in [-0.4, -0.2) is 64.5 Å². The number of benzene rings is 2. The van der Waals surface area contributed by atoms with Crippen molar-refractivity contribution in [2.75, 3.05) is 26.2 Å². The Labute approximate surface area is 218 Å². The molecule has 0 bridgehead atoms. The highest BCUT2D eigenvalue weighted by molar-refractivity contribution is 7.89. The van der Waals surface area contributed by atoms with Crippen LogP contribution < -0.4 is 11.3 Å². The minimum absolute atomic E-state index is 0.0352. The van der Waals surface area contributed by atoms with Gasteiger partial charge in [-0.3, -0.25) is 9.59 Å². The molecule has 12 heteroatoms. The number of nitrogens with zero attached hydrogens (tertiary/aromatic N) is 4. The van der Waals surface area contributed by atoms with Gasteiger partial charge in [0.1, 0.15) is 5.03 Å². The number of carbonyl (C=O) groups is 1. The molecule has 2 aromatic carbocycles. The lowest BCUT2D eigenvalue weighted by Gasteiger charge is -2.33. The lowest BCUT2D eigenvalue weighted by Crippen LogP contribution is -2.51. The molecular weight excluding hydrogens is 516 g/mol. The van der Waals surface area contributed by atoms with E-state index in [9.17, 15) is 18.0 Å². The summed E-state index contributed by atoms with van der Waals surface area (Å²) in [6, 6.07) is 17.3. The van der Waals surface area contributed by atoms with Crippen molar-refractivity contribution in [3.05, 3.63) is 81.6 Å². The Morgan fingerprint density at radius 1 is 1.00 bits per heavy atom. The van der Waals surface area contributed by atoms with E-state index in [1.165, 1.54) is 21.1 Å². The number of nitrogens with one attached hydrogen (secondary N) is 1. The molecule has 0 radical (unpaired) electrons. The number of halogens is 1. The van der Waals surface area contributed by atoms with Crippen molar-refractivity contribution >= 4 is 38.4 Å². The first kappa shape index (κ1) is 25.2. The first-order valence-electron chi connectivity index (χ1n) is 11.7. The topological polar surface area (TPSA) is 134 Å². The van der Waals surface area contributed by atoms with Gasteiger partial charge in [0.25, 0.3) is 15.6 Å². The van der Waals surface area contributed by atoms with Crippen LogP contribution in [0.3, 0.4) is 0 Å². The number of aromatic nitrogens is 3. The zero-order valence-electron chi connectivity index (χ0n) is 19.8. The highest BCUT2D eigenvalue weighted by Crippen LogP contribution is 2.25. The smallest absolute Gasteiger partial charge is 0.266 e. The predicted molar refractivity (Wildman–Crippen MR) is 140 cm³/mol. The molecule has 192 valence electrons. The SMILES string of the molecule is NCCn1nc(-c2ccc(CN3CCN(S(=O)(=O)c4cc5cc(Cl)ccc5[nH]4)CC3=O)cc2)ccc1=O. The van der Waals surface area contributed by atoms with Crippen LogP contribution in [-0.2, 0) is 27.9 Å². The molecule has 2 aromatic heterocycles. The number of H-pyrrole nitrogens is 1. The minimum Gasteiger partial charge on any atom is -0.345 e. The number of hydrogen-bond donors (Lipinski definition) is 2. The van der Waals surface area contributed by atoms with Crippen molar-refractivity contribution in [1.29, 1.82) is 0 Å². The van der Waals surface area contributed by atoms with Gasteiger partial charge in [-0.05, 0) is 35.9 Å². The fraction of sp³-hybridized carbons (Fsp3) is 0.240. The maximum atomic E-state index is 13.2. The number of piperazine rings is 1. The Morgan fingerprint density at radius 2 is 1.78 bits per heavy atom.